The number of nitrogens with zero attached hydrogens (tertiary/aromatic N) is 3. The fourth-order valence-electron chi connectivity index (χ4n) is 7.33. The summed E-state index contributed by atoms with van der Waals surface area (Å²) in [7, 11) is 0. The summed E-state index contributed by atoms with van der Waals surface area (Å²) in [4.78, 5) is 68.1. The Bertz CT molecular complexity index is 2420. The molecule has 0 aliphatic carbocycles. The number of imidazole rings is 1. The minimum Gasteiger partial charge on any atom is -0.445 e. The molecule has 2 aromatic heterocycles. The third kappa shape index (κ3) is 10.2. The molecule has 0 spiro atoms. The summed E-state index contributed by atoms with van der Waals surface area (Å²) in [5.41, 5.74) is 5.96. The van der Waals surface area contributed by atoms with Gasteiger partial charge in [-0.2, -0.15) is 0 Å². The highest BCUT2D eigenvalue weighted by atomic mass is 16.6. The first-order valence-electron chi connectivity index (χ1n) is 20.3. The van der Waals surface area contributed by atoms with Crippen molar-refractivity contribution in [1.29, 1.82) is 0 Å². The van der Waals surface area contributed by atoms with Crippen LogP contribution in [0.4, 0.5) is 15.3 Å². The van der Waals surface area contributed by atoms with Crippen molar-refractivity contribution in [2.45, 2.75) is 77.8 Å². The predicted octanol–water partition coefficient (Wildman–Crippen LogP) is 8.97. The number of alkyl carbamates (subject to hydrolysis) is 1. The van der Waals surface area contributed by atoms with E-state index in [-0.39, 0.29) is 24.5 Å². The van der Waals surface area contributed by atoms with Crippen LogP contribution < -0.4 is 10.6 Å². The van der Waals surface area contributed by atoms with Gasteiger partial charge in [-0.05, 0) is 86.6 Å². The number of hydrogen-bond acceptors (Lipinski definition) is 7. The van der Waals surface area contributed by atoms with Gasteiger partial charge in [-0.15, -0.1) is 0 Å². The molecule has 0 unspecified atom stereocenters. The zero-order chi connectivity index (χ0) is 42.2. The van der Waals surface area contributed by atoms with Gasteiger partial charge in [0.15, 0.2) is 0 Å². The number of rotatable bonds is 13. The van der Waals surface area contributed by atoms with Crippen LogP contribution in [0.2, 0.25) is 0 Å². The van der Waals surface area contributed by atoms with E-state index in [1.807, 2.05) is 91.9 Å². The van der Waals surface area contributed by atoms with Crippen LogP contribution >= 0.6 is 0 Å². The summed E-state index contributed by atoms with van der Waals surface area (Å²) < 4.78 is 11.0. The number of nitrogens with one attached hydrogen (secondary N) is 4. The quantitative estimate of drug-likeness (QED) is 0.0906. The Morgan fingerprint density at radius 3 is 2.28 bits per heavy atom. The molecule has 0 bridgehead atoms. The molecule has 4 N–H and O–H groups in total. The Labute approximate surface area is 349 Å². The minimum absolute atomic E-state index is 0.210. The van der Waals surface area contributed by atoms with Crippen molar-refractivity contribution in [1.82, 2.24) is 30.1 Å². The number of amides is 4. The van der Waals surface area contributed by atoms with Gasteiger partial charge in [-0.1, -0.05) is 91.9 Å². The SMILES string of the molecule is CCCN(Cc1ncc(-c2ccc(-c3cc4cc(NC(=O)[C@@H]5CCCN5C(=O)[C@H](NC(=O)OC(C)(C)C)c5ccccc5)ccc4[nH]3)cc2)[nH]1)C(=O)OCc1ccccc1. The average Bonchev–Trinajstić information content (AvgIpc) is 4.02. The van der Waals surface area contributed by atoms with Crippen molar-refractivity contribution in [3.8, 4) is 22.5 Å². The first kappa shape index (κ1) is 41.3. The first-order valence-corrected chi connectivity index (χ1v) is 20.3. The molecule has 4 amide bonds. The maximum absolute atomic E-state index is 14.0. The number of ether oxygens (including phenoxy) is 2. The highest BCUT2D eigenvalue weighted by Crippen LogP contribution is 2.30. The van der Waals surface area contributed by atoms with E-state index >= 15 is 0 Å². The Morgan fingerprint density at radius 2 is 1.58 bits per heavy atom. The van der Waals surface area contributed by atoms with Crippen LogP contribution in [0.5, 0.6) is 0 Å². The number of aromatic amines is 2. The highest BCUT2D eigenvalue weighted by molar-refractivity contribution is 6.00. The second-order valence-electron chi connectivity index (χ2n) is 15.9. The number of hydrogen-bond donors (Lipinski definition) is 4. The van der Waals surface area contributed by atoms with Crippen LogP contribution in [0, 0.1) is 0 Å². The first-order chi connectivity index (χ1) is 28.9. The third-order valence-corrected chi connectivity index (χ3v) is 10.2. The summed E-state index contributed by atoms with van der Waals surface area (Å²) in [5, 5.41) is 6.68. The summed E-state index contributed by atoms with van der Waals surface area (Å²) in [5.74, 6) is -0.0000297. The fraction of sp³-hybridized carbons (Fsp3) is 0.298. The lowest BCUT2D eigenvalue weighted by molar-refractivity contribution is -0.138. The molecule has 7 rings (SSSR count). The summed E-state index contributed by atoms with van der Waals surface area (Å²) in [6.45, 7) is 8.74. The van der Waals surface area contributed by atoms with Crippen LogP contribution in [-0.2, 0) is 32.2 Å². The summed E-state index contributed by atoms with van der Waals surface area (Å²) in [6.07, 6.45) is 2.62. The lowest BCUT2D eigenvalue weighted by Gasteiger charge is -2.29. The lowest BCUT2D eigenvalue weighted by Crippen LogP contribution is -2.49. The molecule has 310 valence electrons. The van der Waals surface area contributed by atoms with Gasteiger partial charge in [0.05, 0.1) is 18.4 Å². The van der Waals surface area contributed by atoms with Crippen LogP contribution in [0.25, 0.3) is 33.4 Å². The molecule has 3 heterocycles. The van der Waals surface area contributed by atoms with Gasteiger partial charge >= 0.3 is 12.2 Å². The Hall–Kier alpha value is -6.89. The highest BCUT2D eigenvalue weighted by Gasteiger charge is 2.39. The predicted molar refractivity (Wildman–Crippen MR) is 231 cm³/mol. The van der Waals surface area contributed by atoms with Crippen LogP contribution in [0.1, 0.15) is 70.0 Å². The van der Waals surface area contributed by atoms with E-state index in [0.717, 1.165) is 45.4 Å². The molecule has 6 aromatic rings. The maximum atomic E-state index is 14.0. The van der Waals surface area contributed by atoms with Crippen molar-refractivity contribution < 1.29 is 28.7 Å². The topological polar surface area (TPSA) is 162 Å². The molecule has 2 atom stereocenters. The van der Waals surface area contributed by atoms with Gasteiger partial charge in [0.25, 0.3) is 5.91 Å². The Balaban J connectivity index is 0.985. The van der Waals surface area contributed by atoms with Crippen LogP contribution in [-0.4, -0.2) is 73.5 Å². The van der Waals surface area contributed by atoms with Gasteiger partial charge in [0.1, 0.15) is 30.1 Å². The van der Waals surface area contributed by atoms with Crippen LogP contribution in [0.3, 0.4) is 0 Å². The number of likely N-dealkylation sites (tertiary alicyclic amines) is 1. The second-order valence-corrected chi connectivity index (χ2v) is 15.9. The van der Waals surface area contributed by atoms with E-state index < -0.39 is 23.8 Å². The number of benzene rings is 4. The number of carbonyl (C=O) groups is 4. The zero-order valence-corrected chi connectivity index (χ0v) is 34.4. The molecule has 1 aliphatic heterocycles. The van der Waals surface area contributed by atoms with Gasteiger partial charge in [0.2, 0.25) is 5.91 Å². The Kier molecular flexibility index (Phi) is 12.6. The third-order valence-electron chi connectivity index (χ3n) is 10.2. The van der Waals surface area contributed by atoms with E-state index in [4.69, 9.17) is 9.47 Å². The minimum atomic E-state index is -1.01. The molecule has 13 nitrogen and oxygen atoms in total. The van der Waals surface area contributed by atoms with E-state index in [0.29, 0.717) is 49.6 Å². The monoisotopic (exact) mass is 809 g/mol. The van der Waals surface area contributed by atoms with Gasteiger partial charge in [0, 0.05) is 35.4 Å². The van der Waals surface area contributed by atoms with Gasteiger partial charge in [-0.25, -0.2) is 14.6 Å². The standard InChI is InChI=1S/C47H51N7O6/c1-5-24-53(46(58)59-30-31-13-8-6-9-14-31)29-41-48-28-39(51-41)33-20-18-32(19-21-33)38-27-35-26-36(22-23-37(35)50-38)49-43(55)40-17-12-25-54(40)44(56)42(34-15-10-7-11-16-34)52-45(57)60-47(2,3)4/h6-11,13-16,18-23,26-28,40,42,50H,5,12,17,24-25,29-30H2,1-4H3,(H,48,51)(H,49,55)(H,52,57)/t40-,42+/m0/s1. The zero-order valence-electron chi connectivity index (χ0n) is 34.4. The van der Waals surface area contributed by atoms with E-state index in [2.05, 4.69) is 25.6 Å². The molecule has 60 heavy (non-hydrogen) atoms. The van der Waals surface area contributed by atoms with E-state index in [9.17, 15) is 19.2 Å². The number of H-pyrrole nitrogens is 2. The average molecular weight is 810 g/mol. The van der Waals surface area contributed by atoms with E-state index in [1.54, 1.807) is 61.0 Å². The molecule has 1 saturated heterocycles. The molecule has 4 aromatic carbocycles. The second kappa shape index (κ2) is 18.4. The molecular weight excluding hydrogens is 759 g/mol. The maximum Gasteiger partial charge on any atom is 0.410 e. The number of fused-ring (bicyclic) bond motifs is 1. The lowest BCUT2D eigenvalue weighted by atomic mass is 10.0. The number of carbonyl (C=O) groups excluding carboxylic acids is 4. The molecule has 13 heteroatoms. The normalized spacial score (nSPS) is 14.4. The molecule has 0 radical (unpaired) electrons. The van der Waals surface area contributed by atoms with Crippen molar-refractivity contribution in [2.75, 3.05) is 18.4 Å². The van der Waals surface area contributed by atoms with Crippen LogP contribution in [0.15, 0.2) is 115 Å². The van der Waals surface area contributed by atoms with Gasteiger partial charge < -0.3 is 39.9 Å². The van der Waals surface area contributed by atoms with Crippen molar-refractivity contribution in [2.24, 2.45) is 0 Å². The van der Waals surface area contributed by atoms with Crippen molar-refractivity contribution in [3.05, 3.63) is 132 Å². The summed E-state index contributed by atoms with van der Waals surface area (Å²) in [6, 6.07) is 32.6. The molecule has 1 fully saturated rings. The summed E-state index contributed by atoms with van der Waals surface area (Å²) >= 11 is 0. The number of aromatic nitrogens is 3. The molecular formula is C47H51N7O6. The van der Waals surface area contributed by atoms with Crippen molar-refractivity contribution in [3.63, 3.8) is 0 Å². The smallest absolute Gasteiger partial charge is 0.410 e. The largest absolute Gasteiger partial charge is 0.445 e. The fourth-order valence-corrected chi connectivity index (χ4v) is 7.33. The van der Waals surface area contributed by atoms with Crippen molar-refractivity contribution >= 4 is 40.6 Å². The Morgan fingerprint density at radius 1 is 0.883 bits per heavy atom. The van der Waals surface area contributed by atoms with Gasteiger partial charge in [-0.3, -0.25) is 9.59 Å². The van der Waals surface area contributed by atoms with E-state index in [1.165, 1.54) is 0 Å². The molecule has 1 aliphatic rings. The number of anilines is 1. The molecule has 0 saturated carbocycles.